The van der Waals surface area contributed by atoms with Crippen molar-refractivity contribution in [2.75, 3.05) is 38.5 Å². The van der Waals surface area contributed by atoms with Crippen LogP contribution in [0.25, 0.3) is 11.3 Å². The van der Waals surface area contributed by atoms with E-state index in [2.05, 4.69) is 70.2 Å². The molecule has 34 heavy (non-hydrogen) atoms. The summed E-state index contributed by atoms with van der Waals surface area (Å²) in [6.07, 6.45) is 4.96. The Morgan fingerprint density at radius 3 is 2.47 bits per heavy atom. The molecule has 0 radical (unpaired) electrons. The number of rotatable bonds is 8. The van der Waals surface area contributed by atoms with Gasteiger partial charge in [0, 0.05) is 44.3 Å². The van der Waals surface area contributed by atoms with Crippen LogP contribution >= 0.6 is 0 Å². The number of piperazine rings is 1. The zero-order valence-electron chi connectivity index (χ0n) is 20.2. The number of ether oxygens (including phenoxy) is 1. The van der Waals surface area contributed by atoms with Crippen LogP contribution in [0.2, 0.25) is 0 Å². The average Bonchev–Trinajstić information content (AvgIpc) is 2.85. The van der Waals surface area contributed by atoms with E-state index >= 15 is 0 Å². The summed E-state index contributed by atoms with van der Waals surface area (Å²) in [7, 11) is 0. The van der Waals surface area contributed by atoms with Crippen LogP contribution in [0.15, 0.2) is 66.7 Å². The molecule has 3 aromatic rings. The molecule has 2 fully saturated rings. The highest BCUT2D eigenvalue weighted by molar-refractivity contribution is 5.69. The molecule has 2 N–H and O–H groups in total. The highest BCUT2D eigenvalue weighted by Crippen LogP contribution is 2.36. The Balaban J connectivity index is 1.25. The van der Waals surface area contributed by atoms with Crippen molar-refractivity contribution in [2.45, 2.75) is 44.8 Å². The van der Waals surface area contributed by atoms with Gasteiger partial charge in [-0.15, -0.1) is 0 Å². The van der Waals surface area contributed by atoms with E-state index in [9.17, 15) is 0 Å². The van der Waals surface area contributed by atoms with Gasteiger partial charge in [-0.1, -0.05) is 42.5 Å². The number of nitrogen functional groups attached to an aromatic ring is 1. The number of nitrogens with zero attached hydrogens (tertiary/aromatic N) is 3. The number of hydrogen-bond acceptors (Lipinski definition) is 5. The Labute approximate surface area is 203 Å². The minimum Gasteiger partial charge on any atom is -0.490 e. The summed E-state index contributed by atoms with van der Waals surface area (Å²) in [6, 6.07) is 23.6. The summed E-state index contributed by atoms with van der Waals surface area (Å²) in [5, 5.41) is 0. The molecule has 5 heteroatoms. The highest BCUT2D eigenvalue weighted by Gasteiger charge is 2.25. The molecule has 1 saturated carbocycles. The van der Waals surface area contributed by atoms with Crippen LogP contribution in [0.5, 0.6) is 5.75 Å². The molecule has 0 amide bonds. The second-order valence-corrected chi connectivity index (χ2v) is 9.66. The van der Waals surface area contributed by atoms with Crippen molar-refractivity contribution in [1.82, 2.24) is 14.8 Å². The van der Waals surface area contributed by atoms with E-state index in [0.717, 1.165) is 69.0 Å². The third-order valence-electron chi connectivity index (χ3n) is 7.39. The quantitative estimate of drug-likeness (QED) is 0.506. The predicted octanol–water partition coefficient (Wildman–Crippen LogP) is 5.18. The summed E-state index contributed by atoms with van der Waals surface area (Å²) in [5.74, 6) is 1.48. The summed E-state index contributed by atoms with van der Waals surface area (Å²) in [4.78, 5) is 9.74. The van der Waals surface area contributed by atoms with Crippen molar-refractivity contribution < 1.29 is 4.74 Å². The van der Waals surface area contributed by atoms with Crippen LogP contribution in [0.1, 0.15) is 43.4 Å². The van der Waals surface area contributed by atoms with Crippen molar-refractivity contribution in [1.29, 1.82) is 0 Å². The van der Waals surface area contributed by atoms with Gasteiger partial charge in [-0.25, -0.2) is 4.98 Å². The van der Waals surface area contributed by atoms with E-state index in [4.69, 9.17) is 10.5 Å². The van der Waals surface area contributed by atoms with E-state index in [1.807, 2.05) is 18.2 Å². The number of benzene rings is 2. The maximum Gasteiger partial charge on any atom is 0.129 e. The summed E-state index contributed by atoms with van der Waals surface area (Å²) in [5.41, 5.74) is 10.6. The molecule has 2 aromatic carbocycles. The largest absolute Gasteiger partial charge is 0.490 e. The lowest BCUT2D eigenvalue weighted by atomic mass is 9.95. The smallest absolute Gasteiger partial charge is 0.129 e. The standard InChI is InChI=1S/C29H36N4O/c1-22(33-19-17-32(18-20-33)16-15-23-7-3-2-4-8-23)24-13-14-26(27-11-6-12-29(30)31-27)28(21-24)34-25-9-5-10-25/h2-4,6-8,11-14,21-22,25H,5,9-10,15-20H2,1H3,(H2,30,31). The second kappa shape index (κ2) is 10.6. The lowest BCUT2D eigenvalue weighted by molar-refractivity contribution is 0.102. The number of hydrogen-bond donors (Lipinski definition) is 1. The SMILES string of the molecule is CC(c1ccc(-c2cccc(N)n2)c(OC2CCC2)c1)N1CCN(CCc2ccccc2)CC1. The van der Waals surface area contributed by atoms with Crippen LogP contribution in [0, 0.1) is 0 Å². The molecule has 1 aliphatic carbocycles. The van der Waals surface area contributed by atoms with Crippen molar-refractivity contribution in [3.05, 3.63) is 77.9 Å². The van der Waals surface area contributed by atoms with E-state index in [1.165, 1.54) is 17.5 Å². The molecule has 0 bridgehead atoms. The first kappa shape index (κ1) is 22.9. The first-order valence-electron chi connectivity index (χ1n) is 12.7. The topological polar surface area (TPSA) is 54.6 Å². The van der Waals surface area contributed by atoms with Crippen molar-refractivity contribution in [3.8, 4) is 17.0 Å². The normalized spacial score (nSPS) is 18.4. The molecular weight excluding hydrogens is 420 g/mol. The highest BCUT2D eigenvalue weighted by atomic mass is 16.5. The van der Waals surface area contributed by atoms with E-state index in [-0.39, 0.29) is 0 Å². The number of aromatic nitrogens is 1. The Morgan fingerprint density at radius 2 is 1.76 bits per heavy atom. The van der Waals surface area contributed by atoms with Gasteiger partial charge in [0.2, 0.25) is 0 Å². The van der Waals surface area contributed by atoms with Gasteiger partial charge in [-0.05, 0) is 68.0 Å². The van der Waals surface area contributed by atoms with Gasteiger partial charge < -0.3 is 15.4 Å². The fourth-order valence-corrected chi connectivity index (χ4v) is 4.89. The van der Waals surface area contributed by atoms with Gasteiger partial charge in [-0.3, -0.25) is 4.90 Å². The second-order valence-electron chi connectivity index (χ2n) is 9.66. The molecule has 5 rings (SSSR count). The molecule has 178 valence electrons. The van der Waals surface area contributed by atoms with Crippen molar-refractivity contribution in [3.63, 3.8) is 0 Å². The minimum absolute atomic E-state index is 0.318. The molecule has 2 aliphatic rings. The van der Waals surface area contributed by atoms with Crippen molar-refractivity contribution in [2.24, 2.45) is 0 Å². The van der Waals surface area contributed by atoms with Gasteiger partial charge in [0.05, 0.1) is 11.8 Å². The van der Waals surface area contributed by atoms with E-state index < -0.39 is 0 Å². The fraction of sp³-hybridized carbons (Fsp3) is 0.414. The molecule has 0 spiro atoms. The maximum absolute atomic E-state index is 6.44. The fourth-order valence-electron chi connectivity index (χ4n) is 4.89. The minimum atomic E-state index is 0.318. The van der Waals surface area contributed by atoms with Crippen LogP contribution in [0.4, 0.5) is 5.82 Å². The molecule has 1 unspecified atom stereocenters. The Hall–Kier alpha value is -2.89. The van der Waals surface area contributed by atoms with Crippen LogP contribution in [0.3, 0.4) is 0 Å². The summed E-state index contributed by atoms with van der Waals surface area (Å²) < 4.78 is 6.44. The molecule has 1 atom stereocenters. The van der Waals surface area contributed by atoms with Crippen LogP contribution < -0.4 is 10.5 Å². The predicted molar refractivity (Wildman–Crippen MR) is 139 cm³/mol. The Morgan fingerprint density at radius 1 is 0.971 bits per heavy atom. The van der Waals surface area contributed by atoms with Crippen LogP contribution in [-0.4, -0.2) is 53.6 Å². The van der Waals surface area contributed by atoms with Crippen molar-refractivity contribution >= 4 is 5.82 Å². The molecule has 1 aromatic heterocycles. The Bertz CT molecular complexity index is 1070. The molecule has 2 heterocycles. The zero-order chi connectivity index (χ0) is 23.3. The van der Waals surface area contributed by atoms with Gasteiger partial charge >= 0.3 is 0 Å². The van der Waals surface area contributed by atoms with Gasteiger partial charge in [0.15, 0.2) is 0 Å². The van der Waals surface area contributed by atoms with Gasteiger partial charge in [0.1, 0.15) is 11.6 Å². The third kappa shape index (κ3) is 5.43. The summed E-state index contributed by atoms with van der Waals surface area (Å²) >= 11 is 0. The lowest BCUT2D eigenvalue weighted by Gasteiger charge is -2.38. The monoisotopic (exact) mass is 456 g/mol. The van der Waals surface area contributed by atoms with Crippen LogP contribution in [-0.2, 0) is 6.42 Å². The summed E-state index contributed by atoms with van der Waals surface area (Å²) in [6.45, 7) is 7.87. The molecular formula is C29H36N4O. The molecule has 5 nitrogen and oxygen atoms in total. The number of pyridine rings is 1. The first-order valence-corrected chi connectivity index (χ1v) is 12.7. The molecule has 1 aliphatic heterocycles. The zero-order valence-corrected chi connectivity index (χ0v) is 20.2. The average molecular weight is 457 g/mol. The lowest BCUT2D eigenvalue weighted by Crippen LogP contribution is -2.47. The van der Waals surface area contributed by atoms with E-state index in [1.54, 1.807) is 0 Å². The number of anilines is 1. The number of nitrogens with two attached hydrogens (primary N) is 1. The van der Waals surface area contributed by atoms with E-state index in [0.29, 0.717) is 18.0 Å². The molecule has 1 saturated heterocycles. The van der Waals surface area contributed by atoms with Gasteiger partial charge in [0.25, 0.3) is 0 Å². The first-order chi connectivity index (χ1) is 16.7. The Kier molecular flexibility index (Phi) is 7.12. The van der Waals surface area contributed by atoms with Gasteiger partial charge in [-0.2, -0.15) is 0 Å². The maximum atomic E-state index is 6.44. The third-order valence-corrected chi connectivity index (χ3v) is 7.39.